The highest BCUT2D eigenvalue weighted by Gasteiger charge is 2.31. The molecule has 63 valence electrons. The first kappa shape index (κ1) is 6.89. The highest BCUT2D eigenvalue weighted by Crippen LogP contribution is 2.42. The molecular weight excluding hydrogens is 162 g/mol. The van der Waals surface area contributed by atoms with Gasteiger partial charge in [0, 0.05) is 11.1 Å². The zero-order valence-electron chi connectivity index (χ0n) is 7.08. The van der Waals surface area contributed by atoms with Crippen molar-refractivity contribution in [2.24, 2.45) is 0 Å². The monoisotopic (exact) mass is 170 g/mol. The minimum absolute atomic E-state index is 0.0278. The van der Waals surface area contributed by atoms with Gasteiger partial charge in [-0.05, 0) is 24.5 Å². The molecule has 0 aromatic heterocycles. The van der Waals surface area contributed by atoms with Gasteiger partial charge in [0.05, 0.1) is 5.69 Å². The van der Waals surface area contributed by atoms with E-state index in [-0.39, 0.29) is 5.91 Å². The fraction of sp³-hybridized carbons (Fsp3) is 0.182. The highest BCUT2D eigenvalue weighted by atomic mass is 16.1. The van der Waals surface area contributed by atoms with Crippen molar-refractivity contribution in [1.29, 1.82) is 0 Å². The third kappa shape index (κ3) is 0.800. The van der Waals surface area contributed by atoms with Crippen LogP contribution in [0.3, 0.4) is 0 Å². The van der Waals surface area contributed by atoms with Crippen LogP contribution in [-0.2, 0) is 4.79 Å². The van der Waals surface area contributed by atoms with Crippen molar-refractivity contribution in [2.45, 2.75) is 12.8 Å². The lowest BCUT2D eigenvalue weighted by atomic mass is 9.80. The molecule has 2 heteroatoms. The van der Waals surface area contributed by atoms with E-state index in [1.165, 1.54) is 5.57 Å². The third-order valence-electron chi connectivity index (χ3n) is 2.70. The third-order valence-corrected chi connectivity index (χ3v) is 2.70. The Balaban J connectivity index is 2.26. The largest absolute Gasteiger partial charge is 0.273 e. The first-order valence-electron chi connectivity index (χ1n) is 4.44. The second-order valence-corrected chi connectivity index (χ2v) is 3.39. The Kier molecular flexibility index (Phi) is 1.18. The Labute approximate surface area is 76.3 Å². The van der Waals surface area contributed by atoms with Crippen LogP contribution in [0.5, 0.6) is 0 Å². The second kappa shape index (κ2) is 2.22. The Morgan fingerprint density at radius 1 is 1.08 bits per heavy atom. The van der Waals surface area contributed by atoms with Crippen molar-refractivity contribution >= 4 is 17.2 Å². The lowest BCUT2D eigenvalue weighted by Gasteiger charge is -2.28. The van der Waals surface area contributed by atoms with Crippen molar-refractivity contribution in [3.63, 3.8) is 0 Å². The predicted molar refractivity (Wildman–Crippen MR) is 49.4 cm³/mol. The molecule has 1 aliphatic heterocycles. The molecular formula is C11H8NO. The van der Waals surface area contributed by atoms with E-state index in [1.54, 1.807) is 0 Å². The zero-order chi connectivity index (χ0) is 8.84. The van der Waals surface area contributed by atoms with Gasteiger partial charge in [-0.15, -0.1) is 0 Å². The number of benzene rings is 1. The predicted octanol–water partition coefficient (Wildman–Crippen LogP) is 2.01. The maximum Gasteiger partial charge on any atom is 0.273 e. The van der Waals surface area contributed by atoms with Crippen LogP contribution in [0.4, 0.5) is 5.69 Å². The standard InChI is InChI=1S/C11H8NO/c13-11-9-6-5-7(9)8-3-1-2-4-10(8)12-11/h1-4H,5-6H2. The van der Waals surface area contributed by atoms with Gasteiger partial charge in [-0.1, -0.05) is 18.2 Å². The molecule has 0 N–H and O–H groups in total. The molecule has 13 heavy (non-hydrogen) atoms. The fourth-order valence-corrected chi connectivity index (χ4v) is 1.91. The highest BCUT2D eigenvalue weighted by molar-refractivity contribution is 6.10. The topological polar surface area (TPSA) is 31.2 Å². The SMILES string of the molecule is O=C1[N]c2ccccc2C2=C1CC2. The van der Waals surface area contributed by atoms with Gasteiger partial charge in [0.2, 0.25) is 0 Å². The minimum atomic E-state index is -0.0278. The van der Waals surface area contributed by atoms with Gasteiger partial charge < -0.3 is 0 Å². The van der Waals surface area contributed by atoms with Crippen molar-refractivity contribution in [2.75, 3.05) is 0 Å². The molecule has 0 saturated carbocycles. The molecule has 3 rings (SSSR count). The molecule has 0 spiro atoms. The molecule has 0 fully saturated rings. The summed E-state index contributed by atoms with van der Waals surface area (Å²) in [5.74, 6) is -0.0278. The van der Waals surface area contributed by atoms with Crippen LogP contribution in [0.2, 0.25) is 0 Å². The fourth-order valence-electron chi connectivity index (χ4n) is 1.91. The second-order valence-electron chi connectivity index (χ2n) is 3.39. The molecule has 0 bridgehead atoms. The Hall–Kier alpha value is -1.57. The number of allylic oxidation sites excluding steroid dienone is 1. The summed E-state index contributed by atoms with van der Waals surface area (Å²) in [5, 5.41) is 4.03. The number of hydrogen-bond acceptors (Lipinski definition) is 1. The maximum absolute atomic E-state index is 11.4. The van der Waals surface area contributed by atoms with Gasteiger partial charge in [0.25, 0.3) is 5.91 Å². The van der Waals surface area contributed by atoms with Crippen LogP contribution in [-0.4, -0.2) is 5.91 Å². The van der Waals surface area contributed by atoms with E-state index in [0.29, 0.717) is 0 Å². The van der Waals surface area contributed by atoms with Gasteiger partial charge in [0.1, 0.15) is 0 Å². The van der Waals surface area contributed by atoms with Crippen molar-refractivity contribution in [3.05, 3.63) is 35.4 Å². The number of carbonyl (C=O) groups excluding carboxylic acids is 1. The summed E-state index contributed by atoms with van der Waals surface area (Å²) in [6, 6.07) is 7.85. The van der Waals surface area contributed by atoms with Gasteiger partial charge >= 0.3 is 0 Å². The van der Waals surface area contributed by atoms with Gasteiger partial charge in [-0.3, -0.25) is 4.79 Å². The molecule has 0 saturated heterocycles. The number of hydrogen-bond donors (Lipinski definition) is 0. The molecule has 2 aliphatic rings. The summed E-state index contributed by atoms with van der Waals surface area (Å²) in [5.41, 5.74) is 4.14. The number of nitrogens with zero attached hydrogens (tertiary/aromatic N) is 1. The molecule has 0 atom stereocenters. The molecule has 1 amide bonds. The number of amides is 1. The number of carbonyl (C=O) groups is 1. The summed E-state index contributed by atoms with van der Waals surface area (Å²) in [6.45, 7) is 0. The molecule has 2 nitrogen and oxygen atoms in total. The number of para-hydroxylation sites is 1. The molecule has 1 aromatic rings. The van der Waals surface area contributed by atoms with Crippen LogP contribution < -0.4 is 5.32 Å². The van der Waals surface area contributed by atoms with E-state index in [2.05, 4.69) is 5.32 Å². The molecule has 1 radical (unpaired) electrons. The Morgan fingerprint density at radius 2 is 1.85 bits per heavy atom. The summed E-state index contributed by atoms with van der Waals surface area (Å²) < 4.78 is 0. The minimum Gasteiger partial charge on any atom is -0.267 e. The lowest BCUT2D eigenvalue weighted by Crippen LogP contribution is -2.25. The number of rotatable bonds is 0. The summed E-state index contributed by atoms with van der Waals surface area (Å²) in [6.07, 6.45) is 1.94. The Bertz CT molecular complexity index is 431. The van der Waals surface area contributed by atoms with E-state index >= 15 is 0 Å². The van der Waals surface area contributed by atoms with E-state index in [4.69, 9.17) is 0 Å². The van der Waals surface area contributed by atoms with Crippen molar-refractivity contribution < 1.29 is 4.79 Å². The molecule has 1 aromatic carbocycles. The van der Waals surface area contributed by atoms with Crippen LogP contribution in [0.1, 0.15) is 18.4 Å². The van der Waals surface area contributed by atoms with Crippen LogP contribution in [0.25, 0.3) is 5.57 Å². The van der Waals surface area contributed by atoms with Crippen molar-refractivity contribution in [3.8, 4) is 0 Å². The average molecular weight is 170 g/mol. The quantitative estimate of drug-likeness (QED) is 0.586. The van der Waals surface area contributed by atoms with E-state index < -0.39 is 0 Å². The van der Waals surface area contributed by atoms with Gasteiger partial charge in [-0.2, -0.15) is 0 Å². The van der Waals surface area contributed by atoms with E-state index in [1.807, 2.05) is 24.3 Å². The summed E-state index contributed by atoms with van der Waals surface area (Å²) >= 11 is 0. The first-order valence-corrected chi connectivity index (χ1v) is 4.44. The maximum atomic E-state index is 11.4. The smallest absolute Gasteiger partial charge is 0.267 e. The average Bonchev–Trinajstić information content (AvgIpc) is 2.04. The summed E-state index contributed by atoms with van der Waals surface area (Å²) in [4.78, 5) is 11.4. The zero-order valence-corrected chi connectivity index (χ0v) is 7.08. The summed E-state index contributed by atoms with van der Waals surface area (Å²) in [7, 11) is 0. The van der Waals surface area contributed by atoms with Crippen LogP contribution in [0, 0.1) is 0 Å². The first-order chi connectivity index (χ1) is 6.36. The van der Waals surface area contributed by atoms with Crippen molar-refractivity contribution in [1.82, 2.24) is 5.32 Å². The van der Waals surface area contributed by atoms with Gasteiger partial charge in [-0.25, -0.2) is 5.32 Å². The van der Waals surface area contributed by atoms with E-state index in [0.717, 1.165) is 29.7 Å². The van der Waals surface area contributed by atoms with Gasteiger partial charge in [0.15, 0.2) is 0 Å². The van der Waals surface area contributed by atoms with E-state index in [9.17, 15) is 4.79 Å². The normalized spacial score (nSPS) is 18.6. The number of fused-ring (bicyclic) bond motifs is 2. The Morgan fingerprint density at radius 3 is 2.62 bits per heavy atom. The molecule has 0 unspecified atom stereocenters. The van der Waals surface area contributed by atoms with Crippen LogP contribution >= 0.6 is 0 Å². The molecule has 1 heterocycles. The molecule has 1 aliphatic carbocycles. The van der Waals surface area contributed by atoms with Crippen LogP contribution in [0.15, 0.2) is 29.8 Å². The lowest BCUT2D eigenvalue weighted by molar-refractivity contribution is -0.117.